The Balaban J connectivity index is 1.63. The Kier molecular flexibility index (Phi) is 4.84. The van der Waals surface area contributed by atoms with E-state index in [1.54, 1.807) is 12.1 Å². The maximum absolute atomic E-state index is 12.3. The van der Waals surface area contributed by atoms with E-state index < -0.39 is 12.1 Å². The molecule has 0 radical (unpaired) electrons. The summed E-state index contributed by atoms with van der Waals surface area (Å²) in [6, 6.07) is 8.68. The van der Waals surface area contributed by atoms with Crippen molar-refractivity contribution in [2.75, 3.05) is 13.2 Å². The van der Waals surface area contributed by atoms with Crippen LogP contribution >= 0.6 is 0 Å². The molecular formula is C19H17F3N2O4. The number of alkyl halides is 3. The van der Waals surface area contributed by atoms with Gasteiger partial charge in [0.05, 0.1) is 12.3 Å². The van der Waals surface area contributed by atoms with E-state index in [1.807, 2.05) is 0 Å². The lowest BCUT2D eigenvalue weighted by Crippen LogP contribution is -2.26. The number of nitrogens with zero attached hydrogens (tertiary/aromatic N) is 2. The van der Waals surface area contributed by atoms with Crippen molar-refractivity contribution in [2.24, 2.45) is 5.92 Å². The molecule has 1 fully saturated rings. The van der Waals surface area contributed by atoms with Gasteiger partial charge < -0.3 is 13.9 Å². The summed E-state index contributed by atoms with van der Waals surface area (Å²) in [5.74, 6) is -0.592. The van der Waals surface area contributed by atoms with Crippen LogP contribution in [-0.2, 0) is 11.3 Å². The second-order valence-corrected chi connectivity index (χ2v) is 6.65. The quantitative estimate of drug-likeness (QED) is 0.670. The van der Waals surface area contributed by atoms with E-state index in [-0.39, 0.29) is 11.7 Å². The lowest BCUT2D eigenvalue weighted by molar-refractivity contribution is -0.274. The first kappa shape index (κ1) is 18.5. The first-order valence-electron chi connectivity index (χ1n) is 8.83. The van der Waals surface area contributed by atoms with Crippen molar-refractivity contribution in [3.63, 3.8) is 0 Å². The number of ether oxygens (including phenoxy) is 2. The van der Waals surface area contributed by atoms with Crippen molar-refractivity contribution in [1.82, 2.24) is 9.55 Å². The Bertz CT molecular complexity index is 1020. The zero-order chi connectivity index (χ0) is 19.7. The van der Waals surface area contributed by atoms with Gasteiger partial charge >= 0.3 is 12.1 Å². The van der Waals surface area contributed by atoms with Gasteiger partial charge in [-0.25, -0.2) is 9.78 Å². The molecule has 0 aliphatic carbocycles. The summed E-state index contributed by atoms with van der Waals surface area (Å²) >= 11 is 0. The fourth-order valence-electron chi connectivity index (χ4n) is 3.30. The highest BCUT2D eigenvalue weighted by Gasteiger charge is 2.31. The second-order valence-electron chi connectivity index (χ2n) is 6.65. The van der Waals surface area contributed by atoms with Gasteiger partial charge in [-0.15, -0.1) is 13.2 Å². The molecule has 1 aliphatic heterocycles. The molecule has 1 aliphatic rings. The van der Waals surface area contributed by atoms with Crippen molar-refractivity contribution in [3.8, 4) is 17.0 Å². The molecule has 3 aromatic rings. The van der Waals surface area contributed by atoms with Gasteiger partial charge in [-0.3, -0.25) is 4.57 Å². The standard InChI is InChI=1S/C19H17F3N2O4/c20-19(21,22)28-14-5-3-13(4-6-14)15-7-8-16-17(23-15)24(18(25)27-16)10-12-2-1-9-26-11-12/h3-8,12H,1-2,9-11H2/t12-/m1/s1. The highest BCUT2D eigenvalue weighted by atomic mass is 19.4. The SMILES string of the molecule is O=c1oc2ccc(-c3ccc(OC(F)(F)F)cc3)nc2n1C[C@H]1CCCOC1. The predicted octanol–water partition coefficient (Wildman–Crippen LogP) is 3.98. The number of hydrogen-bond donors (Lipinski definition) is 0. The maximum Gasteiger partial charge on any atom is 0.573 e. The molecule has 0 amide bonds. The first-order valence-corrected chi connectivity index (χ1v) is 8.83. The van der Waals surface area contributed by atoms with Gasteiger partial charge in [-0.05, 0) is 49.2 Å². The van der Waals surface area contributed by atoms with E-state index in [9.17, 15) is 18.0 Å². The lowest BCUT2D eigenvalue weighted by atomic mass is 10.0. The molecule has 28 heavy (non-hydrogen) atoms. The van der Waals surface area contributed by atoms with E-state index in [4.69, 9.17) is 9.15 Å². The highest BCUT2D eigenvalue weighted by molar-refractivity contribution is 5.73. The molecule has 4 rings (SSSR count). The van der Waals surface area contributed by atoms with Crippen LogP contribution in [0, 0.1) is 5.92 Å². The van der Waals surface area contributed by atoms with Gasteiger partial charge in [0.15, 0.2) is 11.2 Å². The van der Waals surface area contributed by atoms with E-state index >= 15 is 0 Å². The van der Waals surface area contributed by atoms with E-state index in [2.05, 4.69) is 9.72 Å². The van der Waals surface area contributed by atoms with Gasteiger partial charge in [0.1, 0.15) is 5.75 Å². The van der Waals surface area contributed by atoms with Gasteiger partial charge in [-0.1, -0.05) is 0 Å². The van der Waals surface area contributed by atoms with Crippen LogP contribution < -0.4 is 10.5 Å². The molecule has 0 unspecified atom stereocenters. The molecule has 2 aromatic heterocycles. The van der Waals surface area contributed by atoms with E-state index in [0.29, 0.717) is 35.6 Å². The lowest BCUT2D eigenvalue weighted by Gasteiger charge is -2.21. The first-order chi connectivity index (χ1) is 13.4. The maximum atomic E-state index is 12.3. The molecule has 148 valence electrons. The van der Waals surface area contributed by atoms with E-state index in [1.165, 1.54) is 28.8 Å². The van der Waals surface area contributed by atoms with Crippen molar-refractivity contribution < 1.29 is 27.1 Å². The van der Waals surface area contributed by atoms with Gasteiger partial charge in [0.25, 0.3) is 0 Å². The molecule has 3 heterocycles. The third-order valence-electron chi connectivity index (χ3n) is 4.59. The Morgan fingerprint density at radius 3 is 2.64 bits per heavy atom. The molecule has 1 atom stereocenters. The number of benzene rings is 1. The van der Waals surface area contributed by atoms with Crippen molar-refractivity contribution in [1.29, 1.82) is 0 Å². The summed E-state index contributed by atoms with van der Waals surface area (Å²) in [7, 11) is 0. The largest absolute Gasteiger partial charge is 0.573 e. The van der Waals surface area contributed by atoms with Gasteiger partial charge in [0, 0.05) is 24.6 Å². The molecular weight excluding hydrogens is 377 g/mol. The molecule has 1 aromatic carbocycles. The van der Waals surface area contributed by atoms with Crippen LogP contribution in [-0.4, -0.2) is 29.1 Å². The van der Waals surface area contributed by atoms with Crippen LogP contribution in [0.3, 0.4) is 0 Å². The summed E-state index contributed by atoms with van der Waals surface area (Å²) in [5, 5.41) is 0. The third-order valence-corrected chi connectivity index (χ3v) is 4.59. The van der Waals surface area contributed by atoms with Crippen molar-refractivity contribution in [3.05, 3.63) is 46.9 Å². The summed E-state index contributed by atoms with van der Waals surface area (Å²) in [5.41, 5.74) is 1.88. The van der Waals surface area contributed by atoms with Crippen LogP contribution in [0.5, 0.6) is 5.75 Å². The van der Waals surface area contributed by atoms with Gasteiger partial charge in [0.2, 0.25) is 0 Å². The molecule has 0 N–H and O–H groups in total. The number of aromatic nitrogens is 2. The summed E-state index contributed by atoms with van der Waals surface area (Å²) in [4.78, 5) is 16.7. The molecule has 0 saturated carbocycles. The zero-order valence-corrected chi connectivity index (χ0v) is 14.7. The average molecular weight is 394 g/mol. The minimum absolute atomic E-state index is 0.205. The summed E-state index contributed by atoms with van der Waals surface area (Å²) < 4.78 is 53.0. The molecule has 0 bridgehead atoms. The van der Waals surface area contributed by atoms with Crippen LogP contribution in [0.2, 0.25) is 0 Å². The molecule has 1 saturated heterocycles. The normalized spacial score (nSPS) is 17.8. The van der Waals surface area contributed by atoms with Gasteiger partial charge in [-0.2, -0.15) is 0 Å². The second kappa shape index (κ2) is 7.31. The Morgan fingerprint density at radius 1 is 1.18 bits per heavy atom. The molecule has 0 spiro atoms. The zero-order valence-electron chi connectivity index (χ0n) is 14.7. The molecule has 9 heteroatoms. The fourth-order valence-corrected chi connectivity index (χ4v) is 3.30. The average Bonchev–Trinajstić information content (AvgIpc) is 2.97. The Hall–Kier alpha value is -2.81. The number of hydrogen-bond acceptors (Lipinski definition) is 5. The number of pyridine rings is 1. The topological polar surface area (TPSA) is 66.5 Å². The smallest absolute Gasteiger partial charge is 0.406 e. The van der Waals surface area contributed by atoms with Crippen molar-refractivity contribution >= 4 is 11.2 Å². The van der Waals surface area contributed by atoms with Crippen LogP contribution in [0.15, 0.2) is 45.6 Å². The number of halogens is 3. The van der Waals surface area contributed by atoms with Crippen LogP contribution in [0.4, 0.5) is 13.2 Å². The monoisotopic (exact) mass is 394 g/mol. The van der Waals surface area contributed by atoms with Crippen molar-refractivity contribution in [2.45, 2.75) is 25.7 Å². The predicted molar refractivity (Wildman–Crippen MR) is 93.9 cm³/mol. The number of oxazole rings is 1. The third kappa shape index (κ3) is 4.04. The van der Waals surface area contributed by atoms with Crippen LogP contribution in [0.25, 0.3) is 22.5 Å². The highest BCUT2D eigenvalue weighted by Crippen LogP contribution is 2.27. The minimum Gasteiger partial charge on any atom is -0.406 e. The van der Waals surface area contributed by atoms with E-state index in [0.717, 1.165) is 19.4 Å². The fraction of sp³-hybridized carbons (Fsp3) is 0.368. The number of rotatable bonds is 4. The Labute approximate surface area is 157 Å². The Morgan fingerprint density at radius 2 is 1.96 bits per heavy atom. The summed E-state index contributed by atoms with van der Waals surface area (Å²) in [6.45, 7) is 1.76. The van der Waals surface area contributed by atoms with Crippen LogP contribution in [0.1, 0.15) is 12.8 Å². The minimum atomic E-state index is -4.74. The number of fused-ring (bicyclic) bond motifs is 1. The summed E-state index contributed by atoms with van der Waals surface area (Å²) in [6.07, 6.45) is -2.84. The molecule has 6 nitrogen and oxygen atoms in total.